The van der Waals surface area contributed by atoms with E-state index in [1.165, 1.54) is 0 Å². The molecule has 0 bridgehead atoms. The number of ether oxygens (including phenoxy) is 1. The molecular weight excluding hydrogens is 205 g/mol. The molecule has 0 spiro atoms. The van der Waals surface area contributed by atoms with Crippen LogP contribution in [0.4, 0.5) is 8.78 Å². The lowest BCUT2D eigenvalue weighted by Crippen LogP contribution is -2.36. The molecule has 0 aliphatic carbocycles. The molecular formula is C9H11BF2O3. The van der Waals surface area contributed by atoms with Crippen LogP contribution in [0.5, 0.6) is 5.75 Å². The maximum absolute atomic E-state index is 13.4. The molecule has 1 aromatic carbocycles. The standard InChI is InChI=1S/C9H11BF2O3/c1-2-5-15-7-4-3-6(11)8(9(7)12)10(13)14/h3-4,13-14H,2,5H2,1H3. The lowest BCUT2D eigenvalue weighted by Gasteiger charge is -2.09. The molecule has 0 aliphatic rings. The minimum atomic E-state index is -2.19. The summed E-state index contributed by atoms with van der Waals surface area (Å²) in [6, 6.07) is 2.05. The lowest BCUT2D eigenvalue weighted by molar-refractivity contribution is 0.300. The number of rotatable bonds is 4. The van der Waals surface area contributed by atoms with Crippen LogP contribution in [0.2, 0.25) is 0 Å². The van der Waals surface area contributed by atoms with Gasteiger partial charge in [-0.25, -0.2) is 8.78 Å². The van der Waals surface area contributed by atoms with Gasteiger partial charge in [0.15, 0.2) is 11.6 Å². The van der Waals surface area contributed by atoms with Gasteiger partial charge in [-0.15, -0.1) is 0 Å². The second-order valence-electron chi connectivity index (χ2n) is 3.00. The first-order valence-corrected chi connectivity index (χ1v) is 4.54. The molecule has 0 heterocycles. The molecule has 15 heavy (non-hydrogen) atoms. The quantitative estimate of drug-likeness (QED) is 0.717. The summed E-state index contributed by atoms with van der Waals surface area (Å²) in [5, 5.41) is 17.5. The molecule has 2 N–H and O–H groups in total. The van der Waals surface area contributed by atoms with Gasteiger partial charge in [-0.3, -0.25) is 0 Å². The van der Waals surface area contributed by atoms with Crippen LogP contribution < -0.4 is 10.2 Å². The number of hydrogen-bond acceptors (Lipinski definition) is 3. The summed E-state index contributed by atoms with van der Waals surface area (Å²) in [6.45, 7) is 2.12. The van der Waals surface area contributed by atoms with Crippen LogP contribution in [-0.2, 0) is 0 Å². The minimum absolute atomic E-state index is 0.179. The first kappa shape index (κ1) is 11.9. The molecule has 0 saturated carbocycles. The Kier molecular flexibility index (Phi) is 4.05. The van der Waals surface area contributed by atoms with E-state index in [1.807, 2.05) is 6.92 Å². The van der Waals surface area contributed by atoms with Gasteiger partial charge in [0.05, 0.1) is 12.1 Å². The van der Waals surface area contributed by atoms with Crippen LogP contribution in [0.1, 0.15) is 13.3 Å². The maximum Gasteiger partial charge on any atom is 0.494 e. The maximum atomic E-state index is 13.4. The summed E-state index contributed by atoms with van der Waals surface area (Å²) >= 11 is 0. The Morgan fingerprint density at radius 3 is 2.53 bits per heavy atom. The molecule has 0 aromatic heterocycles. The first-order valence-electron chi connectivity index (χ1n) is 4.54. The largest absolute Gasteiger partial charge is 0.494 e. The van der Waals surface area contributed by atoms with Crippen molar-refractivity contribution in [2.45, 2.75) is 13.3 Å². The zero-order valence-corrected chi connectivity index (χ0v) is 8.20. The topological polar surface area (TPSA) is 49.7 Å². The van der Waals surface area contributed by atoms with Gasteiger partial charge in [-0.1, -0.05) is 6.92 Å². The molecule has 0 saturated heterocycles. The van der Waals surface area contributed by atoms with Gasteiger partial charge in [-0.05, 0) is 18.6 Å². The zero-order chi connectivity index (χ0) is 11.4. The molecule has 82 valence electrons. The zero-order valence-electron chi connectivity index (χ0n) is 8.20. The summed E-state index contributed by atoms with van der Waals surface area (Å²) in [7, 11) is -2.19. The van der Waals surface area contributed by atoms with Gasteiger partial charge in [0.25, 0.3) is 0 Å². The fourth-order valence-electron chi connectivity index (χ4n) is 1.11. The van der Waals surface area contributed by atoms with Crippen molar-refractivity contribution in [1.29, 1.82) is 0 Å². The fraction of sp³-hybridized carbons (Fsp3) is 0.333. The van der Waals surface area contributed by atoms with Gasteiger partial charge in [0.2, 0.25) is 0 Å². The monoisotopic (exact) mass is 216 g/mol. The molecule has 1 rings (SSSR count). The molecule has 6 heteroatoms. The second kappa shape index (κ2) is 5.09. The molecule has 0 unspecified atom stereocenters. The van der Waals surface area contributed by atoms with Crippen LogP contribution in [0.3, 0.4) is 0 Å². The van der Waals surface area contributed by atoms with Crippen molar-refractivity contribution in [1.82, 2.24) is 0 Å². The first-order chi connectivity index (χ1) is 7.07. The second-order valence-corrected chi connectivity index (χ2v) is 3.00. The van der Waals surface area contributed by atoms with E-state index in [0.29, 0.717) is 6.42 Å². The van der Waals surface area contributed by atoms with E-state index in [4.69, 9.17) is 14.8 Å². The third-order valence-electron chi connectivity index (χ3n) is 1.81. The van der Waals surface area contributed by atoms with Crippen molar-refractivity contribution in [3.8, 4) is 5.75 Å². The van der Waals surface area contributed by atoms with E-state index in [-0.39, 0.29) is 12.4 Å². The van der Waals surface area contributed by atoms with Gasteiger partial charge in [0.1, 0.15) is 5.82 Å². The Bertz CT molecular complexity index is 344. The van der Waals surface area contributed by atoms with Crippen LogP contribution in [0, 0.1) is 11.6 Å². The highest BCUT2D eigenvalue weighted by atomic mass is 19.1. The molecule has 1 aromatic rings. The van der Waals surface area contributed by atoms with Crippen LogP contribution in [-0.4, -0.2) is 23.8 Å². The van der Waals surface area contributed by atoms with E-state index in [9.17, 15) is 8.78 Å². The average Bonchev–Trinajstić information content (AvgIpc) is 2.16. The highest BCUT2D eigenvalue weighted by Crippen LogP contribution is 2.16. The van der Waals surface area contributed by atoms with E-state index < -0.39 is 24.2 Å². The van der Waals surface area contributed by atoms with Crippen LogP contribution in [0.15, 0.2) is 12.1 Å². The summed E-state index contributed by atoms with van der Waals surface area (Å²) in [5.41, 5.74) is -0.788. The highest BCUT2D eigenvalue weighted by Gasteiger charge is 2.24. The predicted octanol–water partition coefficient (Wildman–Crippen LogP) is 0.433. The van der Waals surface area contributed by atoms with E-state index >= 15 is 0 Å². The van der Waals surface area contributed by atoms with Gasteiger partial charge >= 0.3 is 7.12 Å². The summed E-state index contributed by atoms with van der Waals surface area (Å²) in [4.78, 5) is 0. The summed E-state index contributed by atoms with van der Waals surface area (Å²) in [6.07, 6.45) is 0.674. The Balaban J connectivity index is 3.05. The van der Waals surface area contributed by atoms with Crippen LogP contribution in [0.25, 0.3) is 0 Å². The third kappa shape index (κ3) is 2.67. The Labute approximate surface area is 86.5 Å². The normalized spacial score (nSPS) is 10.2. The summed E-state index contributed by atoms with van der Waals surface area (Å²) in [5.74, 6) is -2.26. The number of halogens is 2. The molecule has 3 nitrogen and oxygen atoms in total. The van der Waals surface area contributed by atoms with Crippen molar-refractivity contribution in [3.63, 3.8) is 0 Å². The molecule has 0 aliphatic heterocycles. The smallest absolute Gasteiger partial charge is 0.491 e. The average molecular weight is 216 g/mol. The highest BCUT2D eigenvalue weighted by molar-refractivity contribution is 6.58. The van der Waals surface area contributed by atoms with E-state index in [1.54, 1.807) is 0 Å². The minimum Gasteiger partial charge on any atom is -0.491 e. The van der Waals surface area contributed by atoms with Crippen LogP contribution >= 0.6 is 0 Å². The Morgan fingerprint density at radius 2 is 2.00 bits per heavy atom. The number of benzene rings is 1. The predicted molar refractivity (Wildman–Crippen MR) is 52.0 cm³/mol. The van der Waals surface area contributed by atoms with E-state index in [2.05, 4.69) is 0 Å². The molecule has 0 amide bonds. The van der Waals surface area contributed by atoms with E-state index in [0.717, 1.165) is 12.1 Å². The van der Waals surface area contributed by atoms with Crippen molar-refractivity contribution < 1.29 is 23.6 Å². The SMILES string of the molecule is CCCOc1ccc(F)c(B(O)O)c1F. The van der Waals surface area contributed by atoms with Crippen molar-refractivity contribution in [2.24, 2.45) is 0 Å². The van der Waals surface area contributed by atoms with Gasteiger partial charge in [-0.2, -0.15) is 0 Å². The Hall–Kier alpha value is -1.14. The van der Waals surface area contributed by atoms with Gasteiger partial charge < -0.3 is 14.8 Å². The fourth-order valence-corrected chi connectivity index (χ4v) is 1.11. The van der Waals surface area contributed by atoms with Gasteiger partial charge in [0, 0.05) is 0 Å². The molecule has 0 radical (unpaired) electrons. The lowest BCUT2D eigenvalue weighted by atomic mass is 9.79. The third-order valence-corrected chi connectivity index (χ3v) is 1.81. The molecule has 0 fully saturated rings. The summed E-state index contributed by atoms with van der Waals surface area (Å²) < 4.78 is 31.4. The number of hydrogen-bond donors (Lipinski definition) is 2. The molecule has 0 atom stereocenters. The van der Waals surface area contributed by atoms with Crippen molar-refractivity contribution in [2.75, 3.05) is 6.61 Å². The Morgan fingerprint density at radius 1 is 1.33 bits per heavy atom. The van der Waals surface area contributed by atoms with Crippen molar-refractivity contribution >= 4 is 12.6 Å². The van der Waals surface area contributed by atoms with Crippen molar-refractivity contribution in [3.05, 3.63) is 23.8 Å².